The Labute approximate surface area is 98.0 Å². The first kappa shape index (κ1) is 11.3. The minimum Gasteiger partial charge on any atom is -0.329 e. The summed E-state index contributed by atoms with van der Waals surface area (Å²) in [5, 5.41) is 0.114. The van der Waals surface area contributed by atoms with Gasteiger partial charge < -0.3 is 4.57 Å². The number of sulfone groups is 1. The van der Waals surface area contributed by atoms with E-state index < -0.39 is 9.84 Å². The van der Waals surface area contributed by atoms with Gasteiger partial charge in [-0.05, 0) is 6.92 Å². The molecule has 0 saturated heterocycles. The van der Waals surface area contributed by atoms with Gasteiger partial charge in [0.25, 0.3) is 0 Å². The molecular weight excluding hydrogens is 250 g/mol. The number of aryl methyl sites for hydroxylation is 1. The zero-order chi connectivity index (χ0) is 11.9. The van der Waals surface area contributed by atoms with Crippen molar-refractivity contribution in [3.05, 3.63) is 17.5 Å². The van der Waals surface area contributed by atoms with E-state index in [0.29, 0.717) is 17.6 Å². The van der Waals surface area contributed by atoms with Crippen LogP contribution in [0.5, 0.6) is 0 Å². The molecule has 86 valence electrons. The van der Waals surface area contributed by atoms with Crippen LogP contribution in [0.4, 0.5) is 0 Å². The van der Waals surface area contributed by atoms with Crippen molar-refractivity contribution in [2.45, 2.75) is 18.5 Å². The summed E-state index contributed by atoms with van der Waals surface area (Å²) in [6.45, 7) is 2.53. The molecule has 0 aliphatic carbocycles. The summed E-state index contributed by atoms with van der Waals surface area (Å²) in [4.78, 5) is 7.97. The Balaban J connectivity index is 2.95. The molecule has 0 saturated carbocycles. The van der Waals surface area contributed by atoms with E-state index in [9.17, 15) is 8.42 Å². The highest BCUT2D eigenvalue weighted by atomic mass is 35.5. The molecule has 2 rings (SSSR count). The third kappa shape index (κ3) is 1.78. The van der Waals surface area contributed by atoms with E-state index in [4.69, 9.17) is 11.6 Å². The minimum atomic E-state index is -3.41. The molecule has 2 aromatic rings. The van der Waals surface area contributed by atoms with E-state index in [0.717, 1.165) is 6.26 Å². The monoisotopic (exact) mass is 259 g/mol. The van der Waals surface area contributed by atoms with Gasteiger partial charge in [0.2, 0.25) is 0 Å². The SMILES string of the molecule is CCn1cnc2cc(Cl)nc(S(C)(=O)=O)c21. The largest absolute Gasteiger partial charge is 0.329 e. The van der Waals surface area contributed by atoms with Gasteiger partial charge in [0.15, 0.2) is 14.9 Å². The Bertz CT molecular complexity index is 648. The van der Waals surface area contributed by atoms with Crippen LogP contribution in [-0.2, 0) is 16.4 Å². The topological polar surface area (TPSA) is 64.8 Å². The number of aromatic nitrogens is 3. The summed E-state index contributed by atoms with van der Waals surface area (Å²) in [7, 11) is -3.41. The summed E-state index contributed by atoms with van der Waals surface area (Å²) in [6.07, 6.45) is 2.69. The van der Waals surface area contributed by atoms with E-state index >= 15 is 0 Å². The fraction of sp³-hybridized carbons (Fsp3) is 0.333. The Morgan fingerprint density at radius 2 is 2.19 bits per heavy atom. The third-order valence-corrected chi connectivity index (χ3v) is 3.41. The van der Waals surface area contributed by atoms with Crippen LogP contribution >= 0.6 is 11.6 Å². The Hall–Kier alpha value is -1.14. The number of hydrogen-bond donors (Lipinski definition) is 0. The van der Waals surface area contributed by atoms with E-state index in [2.05, 4.69) is 9.97 Å². The number of nitrogens with zero attached hydrogens (tertiary/aromatic N) is 3. The second kappa shape index (κ2) is 3.71. The van der Waals surface area contributed by atoms with Gasteiger partial charge in [0.05, 0.1) is 11.8 Å². The maximum atomic E-state index is 11.6. The summed E-state index contributed by atoms with van der Waals surface area (Å²) in [5.74, 6) is 0. The second-order valence-electron chi connectivity index (χ2n) is 3.42. The van der Waals surface area contributed by atoms with Gasteiger partial charge in [-0.15, -0.1) is 0 Å². The lowest BCUT2D eigenvalue weighted by Gasteiger charge is -2.04. The number of pyridine rings is 1. The van der Waals surface area contributed by atoms with E-state index in [1.807, 2.05) is 6.92 Å². The smallest absolute Gasteiger partial charge is 0.195 e. The molecule has 16 heavy (non-hydrogen) atoms. The van der Waals surface area contributed by atoms with Crippen molar-refractivity contribution < 1.29 is 8.42 Å². The predicted octanol–water partition coefficient (Wildman–Crippen LogP) is 1.51. The quantitative estimate of drug-likeness (QED) is 0.767. The van der Waals surface area contributed by atoms with E-state index in [-0.39, 0.29) is 10.2 Å². The normalized spacial score (nSPS) is 12.2. The van der Waals surface area contributed by atoms with Gasteiger partial charge >= 0.3 is 0 Å². The highest BCUT2D eigenvalue weighted by Crippen LogP contribution is 2.23. The van der Waals surface area contributed by atoms with Crippen LogP contribution in [0.1, 0.15) is 6.92 Å². The average Bonchev–Trinajstić information content (AvgIpc) is 2.57. The van der Waals surface area contributed by atoms with Gasteiger partial charge in [-0.3, -0.25) is 0 Å². The molecule has 2 aromatic heterocycles. The van der Waals surface area contributed by atoms with Crippen molar-refractivity contribution >= 4 is 32.5 Å². The molecule has 0 bridgehead atoms. The van der Waals surface area contributed by atoms with Crippen LogP contribution in [0.15, 0.2) is 17.4 Å². The average molecular weight is 260 g/mol. The molecule has 0 atom stereocenters. The molecule has 0 aliphatic rings. The van der Waals surface area contributed by atoms with Crippen LogP contribution in [0.3, 0.4) is 0 Å². The van der Waals surface area contributed by atoms with Gasteiger partial charge in [0, 0.05) is 18.9 Å². The highest BCUT2D eigenvalue weighted by molar-refractivity contribution is 7.90. The lowest BCUT2D eigenvalue weighted by atomic mass is 10.4. The molecule has 0 aromatic carbocycles. The molecule has 0 radical (unpaired) electrons. The summed E-state index contributed by atoms with van der Waals surface area (Å²) in [6, 6.07) is 1.55. The lowest BCUT2D eigenvalue weighted by molar-refractivity contribution is 0.598. The van der Waals surface area contributed by atoms with Crippen molar-refractivity contribution in [2.24, 2.45) is 0 Å². The first-order chi connectivity index (χ1) is 7.43. The van der Waals surface area contributed by atoms with Crippen molar-refractivity contribution in [3.63, 3.8) is 0 Å². The maximum absolute atomic E-state index is 11.6. The number of rotatable bonds is 2. The molecule has 0 spiro atoms. The molecule has 2 heterocycles. The number of imidazole rings is 1. The molecule has 0 unspecified atom stereocenters. The van der Waals surface area contributed by atoms with Crippen LogP contribution < -0.4 is 0 Å². The van der Waals surface area contributed by atoms with Crippen LogP contribution in [0, 0.1) is 0 Å². The zero-order valence-electron chi connectivity index (χ0n) is 8.81. The van der Waals surface area contributed by atoms with E-state index in [1.54, 1.807) is 17.0 Å². The van der Waals surface area contributed by atoms with Gasteiger partial charge in [-0.25, -0.2) is 18.4 Å². The van der Waals surface area contributed by atoms with Crippen molar-refractivity contribution in [3.8, 4) is 0 Å². The second-order valence-corrected chi connectivity index (χ2v) is 5.74. The van der Waals surface area contributed by atoms with Gasteiger partial charge in [-0.1, -0.05) is 11.6 Å². The maximum Gasteiger partial charge on any atom is 0.195 e. The standard InChI is InChI=1S/C9H10ClN3O2S/c1-3-13-5-11-6-4-7(10)12-9(8(6)13)16(2,14)15/h4-5H,3H2,1-2H3. The molecular formula is C9H10ClN3O2S. The van der Waals surface area contributed by atoms with Gasteiger partial charge in [-0.2, -0.15) is 0 Å². The Kier molecular flexibility index (Phi) is 2.63. The number of fused-ring (bicyclic) bond motifs is 1. The van der Waals surface area contributed by atoms with Gasteiger partial charge in [0.1, 0.15) is 10.7 Å². The Morgan fingerprint density at radius 3 is 2.75 bits per heavy atom. The number of halogens is 1. The first-order valence-corrected chi connectivity index (χ1v) is 6.92. The van der Waals surface area contributed by atoms with E-state index in [1.165, 1.54) is 0 Å². The Morgan fingerprint density at radius 1 is 1.50 bits per heavy atom. The van der Waals surface area contributed by atoms with Crippen molar-refractivity contribution in [1.82, 2.24) is 14.5 Å². The molecule has 0 aliphatic heterocycles. The predicted molar refractivity (Wildman–Crippen MR) is 61.3 cm³/mol. The van der Waals surface area contributed by atoms with Crippen LogP contribution in [0.25, 0.3) is 11.0 Å². The summed E-state index contributed by atoms with van der Waals surface area (Å²) in [5.41, 5.74) is 1.05. The van der Waals surface area contributed by atoms with Crippen LogP contribution in [0.2, 0.25) is 5.15 Å². The van der Waals surface area contributed by atoms with Crippen molar-refractivity contribution in [1.29, 1.82) is 0 Å². The fourth-order valence-corrected chi connectivity index (χ4v) is 2.60. The molecule has 7 heteroatoms. The molecule has 0 N–H and O–H groups in total. The first-order valence-electron chi connectivity index (χ1n) is 4.65. The van der Waals surface area contributed by atoms with Crippen molar-refractivity contribution in [2.75, 3.05) is 6.26 Å². The summed E-state index contributed by atoms with van der Waals surface area (Å²) >= 11 is 5.76. The highest BCUT2D eigenvalue weighted by Gasteiger charge is 2.18. The minimum absolute atomic E-state index is 0.0191. The zero-order valence-corrected chi connectivity index (χ0v) is 10.4. The number of hydrogen-bond acceptors (Lipinski definition) is 4. The molecule has 0 fully saturated rings. The van der Waals surface area contributed by atoms with Crippen LogP contribution in [-0.4, -0.2) is 29.2 Å². The lowest BCUT2D eigenvalue weighted by Crippen LogP contribution is -2.05. The fourth-order valence-electron chi connectivity index (χ4n) is 1.53. The molecule has 5 nitrogen and oxygen atoms in total. The molecule has 0 amide bonds. The summed E-state index contributed by atoms with van der Waals surface area (Å²) < 4.78 is 24.9. The third-order valence-electron chi connectivity index (χ3n) is 2.22.